The summed E-state index contributed by atoms with van der Waals surface area (Å²) in [5.74, 6) is -0.159. The Bertz CT molecular complexity index is 826. The van der Waals surface area contributed by atoms with E-state index < -0.39 is 0 Å². The van der Waals surface area contributed by atoms with E-state index in [0.29, 0.717) is 22.2 Å². The van der Waals surface area contributed by atoms with Gasteiger partial charge in [0.05, 0.1) is 10.6 Å². The molecule has 1 aromatic heterocycles. The summed E-state index contributed by atoms with van der Waals surface area (Å²) in [6.07, 6.45) is 2.68. The van der Waals surface area contributed by atoms with Crippen LogP contribution in [0.4, 0.5) is 0 Å². The van der Waals surface area contributed by atoms with Crippen molar-refractivity contribution in [3.8, 4) is 0 Å². The van der Waals surface area contributed by atoms with E-state index in [1.807, 2.05) is 24.4 Å². The molecule has 2 N–H and O–H groups in total. The van der Waals surface area contributed by atoms with Crippen LogP contribution in [-0.4, -0.2) is 17.4 Å². The average Bonchev–Trinajstić information content (AvgIpc) is 2.90. The molecule has 0 aliphatic carbocycles. The van der Waals surface area contributed by atoms with Crippen LogP contribution in [0.25, 0.3) is 10.9 Å². The zero-order valence-corrected chi connectivity index (χ0v) is 13.2. The molecule has 0 bridgehead atoms. The second-order valence-electron chi connectivity index (χ2n) is 4.99. The Hall–Kier alpha value is -1.97. The summed E-state index contributed by atoms with van der Waals surface area (Å²) in [6, 6.07) is 12.8. The minimum absolute atomic E-state index is 0.159. The summed E-state index contributed by atoms with van der Waals surface area (Å²) < 4.78 is 0. The fourth-order valence-electron chi connectivity index (χ4n) is 2.42. The first-order chi connectivity index (χ1) is 10.6. The molecule has 5 heteroatoms. The number of benzene rings is 2. The molecule has 3 rings (SSSR count). The van der Waals surface area contributed by atoms with Crippen LogP contribution >= 0.6 is 23.2 Å². The third kappa shape index (κ3) is 3.11. The normalized spacial score (nSPS) is 10.8. The van der Waals surface area contributed by atoms with Crippen LogP contribution in [0.1, 0.15) is 15.9 Å². The molecule has 0 saturated carbocycles. The molecule has 3 nitrogen and oxygen atoms in total. The Balaban J connectivity index is 1.65. The van der Waals surface area contributed by atoms with Gasteiger partial charge in [0, 0.05) is 28.7 Å². The summed E-state index contributed by atoms with van der Waals surface area (Å²) in [5, 5.41) is 5.17. The number of carbonyl (C=O) groups excluding carboxylic acids is 1. The Labute approximate surface area is 138 Å². The van der Waals surface area contributed by atoms with Gasteiger partial charge in [0.15, 0.2) is 0 Å². The standard InChI is InChI=1S/C17H14Cl2N2O/c18-12-5-6-13-11(10-21-16(13)9-12)7-8-20-17(22)14-3-1-2-4-15(14)19/h1-6,9-10,21H,7-8H2,(H,20,22). The van der Waals surface area contributed by atoms with Crippen molar-refractivity contribution in [2.24, 2.45) is 0 Å². The summed E-state index contributed by atoms with van der Waals surface area (Å²) in [7, 11) is 0. The van der Waals surface area contributed by atoms with Gasteiger partial charge in [-0.25, -0.2) is 0 Å². The fraction of sp³-hybridized carbons (Fsp3) is 0.118. The van der Waals surface area contributed by atoms with Crippen molar-refractivity contribution in [3.05, 3.63) is 69.8 Å². The van der Waals surface area contributed by atoms with Gasteiger partial charge in [0.2, 0.25) is 0 Å². The van der Waals surface area contributed by atoms with E-state index in [9.17, 15) is 4.79 Å². The first-order valence-electron chi connectivity index (χ1n) is 6.93. The molecule has 3 aromatic rings. The smallest absolute Gasteiger partial charge is 0.252 e. The van der Waals surface area contributed by atoms with Crippen molar-refractivity contribution in [2.75, 3.05) is 6.54 Å². The third-order valence-corrected chi connectivity index (χ3v) is 4.09. The number of aromatic amines is 1. The predicted molar refractivity (Wildman–Crippen MR) is 90.8 cm³/mol. The zero-order valence-electron chi connectivity index (χ0n) is 11.7. The Morgan fingerprint density at radius 3 is 2.77 bits per heavy atom. The van der Waals surface area contributed by atoms with Gasteiger partial charge in [-0.2, -0.15) is 0 Å². The molecule has 0 radical (unpaired) electrons. The largest absolute Gasteiger partial charge is 0.361 e. The van der Waals surface area contributed by atoms with E-state index in [4.69, 9.17) is 23.2 Å². The number of halogens is 2. The number of fused-ring (bicyclic) bond motifs is 1. The summed E-state index contributed by atoms with van der Waals surface area (Å²) >= 11 is 12.0. The monoisotopic (exact) mass is 332 g/mol. The molecule has 0 spiro atoms. The number of amides is 1. The van der Waals surface area contributed by atoms with Crippen LogP contribution in [-0.2, 0) is 6.42 Å². The number of carbonyl (C=O) groups is 1. The molecule has 0 saturated heterocycles. The quantitative estimate of drug-likeness (QED) is 0.728. The summed E-state index contributed by atoms with van der Waals surface area (Å²) in [5.41, 5.74) is 2.64. The average molecular weight is 333 g/mol. The van der Waals surface area contributed by atoms with E-state index in [-0.39, 0.29) is 5.91 Å². The molecule has 0 atom stereocenters. The number of nitrogens with one attached hydrogen (secondary N) is 2. The van der Waals surface area contributed by atoms with Crippen LogP contribution in [0.5, 0.6) is 0 Å². The van der Waals surface area contributed by atoms with Gasteiger partial charge in [-0.05, 0) is 36.2 Å². The highest BCUT2D eigenvalue weighted by molar-refractivity contribution is 6.33. The van der Waals surface area contributed by atoms with Gasteiger partial charge in [0.1, 0.15) is 0 Å². The summed E-state index contributed by atoms with van der Waals surface area (Å²) in [4.78, 5) is 15.3. The number of aromatic nitrogens is 1. The number of H-pyrrole nitrogens is 1. The van der Waals surface area contributed by atoms with E-state index in [0.717, 1.165) is 22.9 Å². The van der Waals surface area contributed by atoms with E-state index >= 15 is 0 Å². The molecular formula is C17H14Cl2N2O. The van der Waals surface area contributed by atoms with Gasteiger partial charge < -0.3 is 10.3 Å². The first-order valence-corrected chi connectivity index (χ1v) is 7.69. The van der Waals surface area contributed by atoms with E-state index in [2.05, 4.69) is 10.3 Å². The number of hydrogen-bond acceptors (Lipinski definition) is 1. The van der Waals surface area contributed by atoms with Crippen molar-refractivity contribution < 1.29 is 4.79 Å². The van der Waals surface area contributed by atoms with Crippen LogP contribution in [0.3, 0.4) is 0 Å². The molecule has 22 heavy (non-hydrogen) atoms. The fourth-order valence-corrected chi connectivity index (χ4v) is 2.81. The van der Waals surface area contributed by atoms with E-state index in [1.54, 1.807) is 24.3 Å². The van der Waals surface area contributed by atoms with Gasteiger partial charge >= 0.3 is 0 Å². The van der Waals surface area contributed by atoms with Gasteiger partial charge in [-0.15, -0.1) is 0 Å². The van der Waals surface area contributed by atoms with Crippen molar-refractivity contribution in [1.82, 2.24) is 10.3 Å². The minimum atomic E-state index is -0.159. The van der Waals surface area contributed by atoms with Gasteiger partial charge in [0.25, 0.3) is 5.91 Å². The molecule has 2 aromatic carbocycles. The molecule has 0 unspecified atom stereocenters. The lowest BCUT2D eigenvalue weighted by molar-refractivity contribution is 0.0954. The maximum absolute atomic E-state index is 12.1. The SMILES string of the molecule is O=C(NCCc1c[nH]c2cc(Cl)ccc12)c1ccccc1Cl. The maximum atomic E-state index is 12.1. The van der Waals surface area contributed by atoms with Gasteiger partial charge in [-0.3, -0.25) is 4.79 Å². The van der Waals surface area contributed by atoms with E-state index in [1.165, 1.54) is 0 Å². The van der Waals surface area contributed by atoms with Crippen LogP contribution < -0.4 is 5.32 Å². The van der Waals surface area contributed by atoms with Crippen molar-refractivity contribution in [2.45, 2.75) is 6.42 Å². The lowest BCUT2D eigenvalue weighted by atomic mass is 10.1. The first kappa shape index (κ1) is 14.9. The number of hydrogen-bond donors (Lipinski definition) is 2. The van der Waals surface area contributed by atoms with Crippen LogP contribution in [0.15, 0.2) is 48.7 Å². The number of rotatable bonds is 4. The highest BCUT2D eigenvalue weighted by Gasteiger charge is 2.09. The molecule has 1 amide bonds. The van der Waals surface area contributed by atoms with Crippen LogP contribution in [0.2, 0.25) is 10.0 Å². The second kappa shape index (κ2) is 6.42. The second-order valence-corrected chi connectivity index (χ2v) is 5.83. The van der Waals surface area contributed by atoms with Crippen LogP contribution in [0, 0.1) is 0 Å². The highest BCUT2D eigenvalue weighted by Crippen LogP contribution is 2.22. The van der Waals surface area contributed by atoms with Gasteiger partial charge in [-0.1, -0.05) is 41.4 Å². The molecule has 112 valence electrons. The van der Waals surface area contributed by atoms with Crippen molar-refractivity contribution in [1.29, 1.82) is 0 Å². The highest BCUT2D eigenvalue weighted by atomic mass is 35.5. The summed E-state index contributed by atoms with van der Waals surface area (Å²) in [6.45, 7) is 0.541. The molecule has 0 aliphatic rings. The minimum Gasteiger partial charge on any atom is -0.361 e. The molecular weight excluding hydrogens is 319 g/mol. The zero-order chi connectivity index (χ0) is 15.5. The Morgan fingerprint density at radius 1 is 1.14 bits per heavy atom. The molecule has 0 aliphatic heterocycles. The third-order valence-electron chi connectivity index (χ3n) is 3.53. The van der Waals surface area contributed by atoms with Crippen molar-refractivity contribution in [3.63, 3.8) is 0 Å². The Morgan fingerprint density at radius 2 is 1.95 bits per heavy atom. The lowest BCUT2D eigenvalue weighted by Gasteiger charge is -2.06. The maximum Gasteiger partial charge on any atom is 0.252 e. The lowest BCUT2D eigenvalue weighted by Crippen LogP contribution is -2.25. The Kier molecular flexibility index (Phi) is 4.36. The molecule has 1 heterocycles. The topological polar surface area (TPSA) is 44.9 Å². The van der Waals surface area contributed by atoms with Crippen molar-refractivity contribution >= 4 is 40.0 Å². The predicted octanol–water partition coefficient (Wildman–Crippen LogP) is 4.45. The molecule has 0 fully saturated rings.